The van der Waals surface area contributed by atoms with Crippen molar-refractivity contribution < 1.29 is 0 Å². The zero-order valence-electron chi connectivity index (χ0n) is 15.4. The van der Waals surface area contributed by atoms with Gasteiger partial charge < -0.3 is 0 Å². The van der Waals surface area contributed by atoms with E-state index >= 15 is 0 Å². The van der Waals surface area contributed by atoms with E-state index in [1.165, 1.54) is 89.9 Å². The molecule has 0 N–H and O–H groups in total. The minimum Gasteiger partial charge on any atom is -0.173 e. The molecule has 0 aromatic rings. The highest BCUT2D eigenvalue weighted by Crippen LogP contribution is 2.32. The van der Waals surface area contributed by atoms with Gasteiger partial charge in [-0.05, 0) is 18.8 Å². The van der Waals surface area contributed by atoms with Crippen LogP contribution in [0.1, 0.15) is 118 Å². The fraction of sp³-hybridized carbons (Fsp3) is 1.00. The highest BCUT2D eigenvalue weighted by molar-refractivity contribution is 7.81. The maximum atomic E-state index is 4.82. The molecule has 21 heavy (non-hydrogen) atoms. The second kappa shape index (κ2) is 14.0. The Labute approximate surface area is 141 Å². The Morgan fingerprint density at radius 2 is 1.00 bits per heavy atom. The lowest BCUT2D eigenvalue weighted by molar-refractivity contribution is 0.346. The van der Waals surface area contributed by atoms with Crippen molar-refractivity contribution in [3.8, 4) is 0 Å². The predicted octanol–water partition coefficient (Wildman–Crippen LogP) is 7.81. The average molecular weight is 315 g/mol. The van der Waals surface area contributed by atoms with Gasteiger partial charge in [0.25, 0.3) is 0 Å². The molecule has 1 atom stereocenters. The van der Waals surface area contributed by atoms with Gasteiger partial charge in [-0.2, -0.15) is 12.6 Å². The Kier molecular flexibility index (Phi) is 14.2. The van der Waals surface area contributed by atoms with E-state index in [0.717, 1.165) is 5.92 Å². The third-order valence-corrected chi connectivity index (χ3v) is 5.18. The number of hydrogen-bond acceptors (Lipinski definition) is 1. The van der Waals surface area contributed by atoms with Crippen molar-refractivity contribution in [1.29, 1.82) is 0 Å². The molecule has 0 aliphatic rings. The van der Waals surface area contributed by atoms with E-state index in [4.69, 9.17) is 12.6 Å². The van der Waals surface area contributed by atoms with Crippen LogP contribution in [-0.4, -0.2) is 4.75 Å². The minimum absolute atomic E-state index is 0.203. The van der Waals surface area contributed by atoms with Crippen molar-refractivity contribution in [2.45, 2.75) is 122 Å². The third kappa shape index (κ3) is 13.7. The Morgan fingerprint density at radius 1 is 0.619 bits per heavy atom. The van der Waals surface area contributed by atoms with Gasteiger partial charge in [-0.3, -0.25) is 0 Å². The molecule has 128 valence electrons. The van der Waals surface area contributed by atoms with Gasteiger partial charge in [-0.1, -0.05) is 105 Å². The second-order valence-corrected chi connectivity index (χ2v) is 8.62. The number of thiol groups is 1. The Morgan fingerprint density at radius 3 is 1.43 bits per heavy atom. The summed E-state index contributed by atoms with van der Waals surface area (Å²) in [7, 11) is 0. The smallest absolute Gasteiger partial charge is 0.0101 e. The minimum atomic E-state index is 0.203. The summed E-state index contributed by atoms with van der Waals surface area (Å²) in [5.74, 6) is 0.801. The van der Waals surface area contributed by atoms with Crippen LogP contribution in [0.2, 0.25) is 0 Å². The zero-order chi connectivity index (χ0) is 16.0. The van der Waals surface area contributed by atoms with Crippen molar-refractivity contribution >= 4 is 12.6 Å². The molecule has 0 saturated heterocycles. The summed E-state index contributed by atoms with van der Waals surface area (Å²) in [5.41, 5.74) is 0. The molecule has 1 unspecified atom stereocenters. The van der Waals surface area contributed by atoms with E-state index < -0.39 is 0 Å². The summed E-state index contributed by atoms with van der Waals surface area (Å²) in [6, 6.07) is 0. The van der Waals surface area contributed by atoms with Crippen molar-refractivity contribution in [1.82, 2.24) is 0 Å². The molecule has 0 bridgehead atoms. The van der Waals surface area contributed by atoms with Gasteiger partial charge in [0.1, 0.15) is 0 Å². The van der Waals surface area contributed by atoms with E-state index in [2.05, 4.69) is 27.7 Å². The normalized spacial score (nSPS) is 13.6. The molecule has 0 aromatic heterocycles. The zero-order valence-corrected chi connectivity index (χ0v) is 16.3. The standard InChI is InChI=1S/C20H42S/c1-5-7-9-10-11-12-13-14-15-16-18-19(17-8-6-2)20(3,4)21/h19,21H,5-18H2,1-4H3. The Balaban J connectivity index is 3.49. The van der Waals surface area contributed by atoms with Crippen molar-refractivity contribution in [2.75, 3.05) is 0 Å². The van der Waals surface area contributed by atoms with E-state index in [0.29, 0.717) is 0 Å². The monoisotopic (exact) mass is 314 g/mol. The molecule has 0 spiro atoms. The molecule has 0 heterocycles. The first-order valence-corrected chi connectivity index (χ1v) is 10.2. The molecular formula is C20H42S. The predicted molar refractivity (Wildman–Crippen MR) is 103 cm³/mol. The summed E-state index contributed by atoms with van der Waals surface area (Å²) in [5, 5.41) is 0. The van der Waals surface area contributed by atoms with Gasteiger partial charge in [-0.15, -0.1) is 0 Å². The lowest BCUT2D eigenvalue weighted by Crippen LogP contribution is -2.24. The van der Waals surface area contributed by atoms with Crippen LogP contribution >= 0.6 is 12.6 Å². The van der Waals surface area contributed by atoms with Crippen molar-refractivity contribution in [3.05, 3.63) is 0 Å². The summed E-state index contributed by atoms with van der Waals surface area (Å²) in [6.07, 6.45) is 19.8. The largest absolute Gasteiger partial charge is 0.173 e. The summed E-state index contributed by atoms with van der Waals surface area (Å²) in [6.45, 7) is 9.18. The first kappa shape index (κ1) is 21.4. The highest BCUT2D eigenvalue weighted by Gasteiger charge is 2.24. The average Bonchev–Trinajstić information content (AvgIpc) is 2.42. The van der Waals surface area contributed by atoms with Crippen LogP contribution in [0, 0.1) is 5.92 Å². The first-order chi connectivity index (χ1) is 10.0. The Bertz CT molecular complexity index is 204. The maximum absolute atomic E-state index is 4.82. The van der Waals surface area contributed by atoms with Gasteiger partial charge in [0, 0.05) is 4.75 Å². The van der Waals surface area contributed by atoms with E-state index in [1.54, 1.807) is 0 Å². The van der Waals surface area contributed by atoms with E-state index in [-0.39, 0.29) is 4.75 Å². The Hall–Kier alpha value is 0.350. The number of hydrogen-bond donors (Lipinski definition) is 1. The van der Waals surface area contributed by atoms with E-state index in [1.807, 2.05) is 0 Å². The van der Waals surface area contributed by atoms with Crippen LogP contribution in [-0.2, 0) is 0 Å². The van der Waals surface area contributed by atoms with Gasteiger partial charge in [0.2, 0.25) is 0 Å². The fourth-order valence-corrected chi connectivity index (χ4v) is 3.44. The fourth-order valence-electron chi connectivity index (χ4n) is 3.18. The molecule has 0 saturated carbocycles. The summed E-state index contributed by atoms with van der Waals surface area (Å²) >= 11 is 4.82. The lowest BCUT2D eigenvalue weighted by Gasteiger charge is -2.30. The van der Waals surface area contributed by atoms with E-state index in [9.17, 15) is 0 Å². The van der Waals surface area contributed by atoms with Crippen molar-refractivity contribution in [2.24, 2.45) is 5.92 Å². The second-order valence-electron chi connectivity index (χ2n) is 7.46. The SMILES string of the molecule is CCCCCCCCCCCCC(CCCC)C(C)(C)S. The molecule has 0 amide bonds. The molecule has 1 heteroatoms. The number of rotatable bonds is 15. The third-order valence-electron chi connectivity index (χ3n) is 4.81. The molecule has 0 rings (SSSR count). The molecule has 0 aliphatic heterocycles. The van der Waals surface area contributed by atoms with Gasteiger partial charge in [-0.25, -0.2) is 0 Å². The molecule has 0 radical (unpaired) electrons. The molecule has 0 fully saturated rings. The summed E-state index contributed by atoms with van der Waals surface area (Å²) < 4.78 is 0.203. The number of unbranched alkanes of at least 4 members (excludes halogenated alkanes) is 10. The van der Waals surface area contributed by atoms with Crippen LogP contribution in [0.25, 0.3) is 0 Å². The maximum Gasteiger partial charge on any atom is 0.0101 e. The lowest BCUT2D eigenvalue weighted by atomic mass is 9.85. The molecule has 0 aliphatic carbocycles. The van der Waals surface area contributed by atoms with Crippen LogP contribution in [0.4, 0.5) is 0 Å². The first-order valence-electron chi connectivity index (χ1n) is 9.74. The van der Waals surface area contributed by atoms with Crippen LogP contribution < -0.4 is 0 Å². The highest BCUT2D eigenvalue weighted by atomic mass is 32.1. The molecule has 0 nitrogen and oxygen atoms in total. The van der Waals surface area contributed by atoms with Crippen LogP contribution in [0.5, 0.6) is 0 Å². The van der Waals surface area contributed by atoms with Gasteiger partial charge >= 0.3 is 0 Å². The van der Waals surface area contributed by atoms with Crippen LogP contribution in [0.15, 0.2) is 0 Å². The topological polar surface area (TPSA) is 0 Å². The molecule has 0 aromatic carbocycles. The molecular weight excluding hydrogens is 272 g/mol. The summed E-state index contributed by atoms with van der Waals surface area (Å²) in [4.78, 5) is 0. The van der Waals surface area contributed by atoms with Crippen LogP contribution in [0.3, 0.4) is 0 Å². The van der Waals surface area contributed by atoms with Gasteiger partial charge in [0.15, 0.2) is 0 Å². The van der Waals surface area contributed by atoms with Crippen molar-refractivity contribution in [3.63, 3.8) is 0 Å². The quantitative estimate of drug-likeness (QED) is 0.231. The van der Waals surface area contributed by atoms with Gasteiger partial charge in [0.05, 0.1) is 0 Å².